The molecule has 1 N–H and O–H groups in total. The first-order valence-corrected chi connectivity index (χ1v) is 11.4. The summed E-state index contributed by atoms with van der Waals surface area (Å²) in [5.41, 5.74) is 2.10. The molecule has 0 radical (unpaired) electrons. The first-order valence-electron chi connectivity index (χ1n) is 10.6. The molecule has 0 spiro atoms. The van der Waals surface area contributed by atoms with Crippen molar-refractivity contribution in [1.82, 2.24) is 19.4 Å². The van der Waals surface area contributed by atoms with Gasteiger partial charge in [0, 0.05) is 43.4 Å². The van der Waals surface area contributed by atoms with Crippen molar-refractivity contribution >= 4 is 33.3 Å². The van der Waals surface area contributed by atoms with Crippen LogP contribution >= 0.6 is 11.3 Å². The van der Waals surface area contributed by atoms with Crippen molar-refractivity contribution in [1.29, 1.82) is 0 Å². The lowest BCUT2D eigenvalue weighted by Crippen LogP contribution is -2.49. The van der Waals surface area contributed by atoms with E-state index in [1.807, 2.05) is 28.5 Å². The van der Waals surface area contributed by atoms with E-state index in [9.17, 15) is 9.59 Å². The second-order valence-corrected chi connectivity index (χ2v) is 9.78. The van der Waals surface area contributed by atoms with E-state index >= 15 is 0 Å². The Kier molecular flexibility index (Phi) is 3.99. The topological polar surface area (TPSA) is 80.1 Å². The van der Waals surface area contributed by atoms with Gasteiger partial charge in [-0.3, -0.25) is 9.59 Å². The summed E-state index contributed by atoms with van der Waals surface area (Å²) < 4.78 is 1.90. The van der Waals surface area contributed by atoms with Crippen molar-refractivity contribution in [3.8, 4) is 0 Å². The van der Waals surface area contributed by atoms with E-state index in [1.165, 1.54) is 24.2 Å². The molecule has 0 unspecified atom stereocenters. The second kappa shape index (κ2) is 6.63. The van der Waals surface area contributed by atoms with E-state index < -0.39 is 0 Å². The molecule has 154 valence electrons. The first kappa shape index (κ1) is 18.1. The van der Waals surface area contributed by atoms with Gasteiger partial charge >= 0.3 is 0 Å². The Morgan fingerprint density at radius 3 is 2.90 bits per heavy atom. The summed E-state index contributed by atoms with van der Waals surface area (Å²) in [7, 11) is 0. The number of hydrogen-bond donors (Lipinski definition) is 1. The van der Waals surface area contributed by atoms with Crippen molar-refractivity contribution in [3.05, 3.63) is 51.0 Å². The minimum absolute atomic E-state index is 0.0663. The van der Waals surface area contributed by atoms with E-state index in [0.29, 0.717) is 31.6 Å². The van der Waals surface area contributed by atoms with Gasteiger partial charge in [0.15, 0.2) is 0 Å². The Hall–Kier alpha value is -2.74. The van der Waals surface area contributed by atoms with Gasteiger partial charge in [-0.15, -0.1) is 11.3 Å². The Bertz CT molecular complexity index is 1230. The minimum Gasteiger partial charge on any atom is -0.367 e. The van der Waals surface area contributed by atoms with Crippen molar-refractivity contribution in [2.75, 3.05) is 18.4 Å². The van der Waals surface area contributed by atoms with Gasteiger partial charge in [0.1, 0.15) is 17.0 Å². The number of rotatable bonds is 3. The van der Waals surface area contributed by atoms with Crippen LogP contribution in [0.25, 0.3) is 10.2 Å². The third-order valence-electron chi connectivity index (χ3n) is 6.61. The summed E-state index contributed by atoms with van der Waals surface area (Å²) in [5.74, 6) is 1.47. The predicted octanol–water partition coefficient (Wildman–Crippen LogP) is 3.00. The molecule has 3 aromatic rings. The van der Waals surface area contributed by atoms with E-state index in [4.69, 9.17) is 0 Å². The molecule has 30 heavy (non-hydrogen) atoms. The van der Waals surface area contributed by atoms with E-state index in [-0.39, 0.29) is 17.4 Å². The summed E-state index contributed by atoms with van der Waals surface area (Å²) in [6.07, 6.45) is 4.96. The molecule has 3 aromatic heterocycles. The van der Waals surface area contributed by atoms with Crippen LogP contribution in [0, 0.1) is 12.8 Å². The fourth-order valence-electron chi connectivity index (χ4n) is 5.01. The van der Waals surface area contributed by atoms with Crippen LogP contribution in [-0.4, -0.2) is 44.5 Å². The molecule has 2 bridgehead atoms. The zero-order valence-electron chi connectivity index (χ0n) is 16.8. The Morgan fingerprint density at radius 2 is 2.07 bits per heavy atom. The van der Waals surface area contributed by atoms with Crippen LogP contribution in [0.4, 0.5) is 5.82 Å². The van der Waals surface area contributed by atoms with Gasteiger partial charge in [-0.25, -0.2) is 9.97 Å². The van der Waals surface area contributed by atoms with Crippen LogP contribution < -0.4 is 10.9 Å². The number of carbonyl (C=O) groups is 1. The standard InChI is InChI=1S/C22H23N5O2S/c1-12-18-20(25-15-5-6-15)23-11-24-21(18)30-19(12)22(29)26-8-13-7-14(10-26)16-3-2-4-17(28)27(16)9-13/h2-4,11,13-15H,5-10H2,1H3,(H,23,24,25)/t13-,14+/m1/s1. The third kappa shape index (κ3) is 2.85. The van der Waals surface area contributed by atoms with Gasteiger partial charge in [-0.05, 0) is 43.7 Å². The maximum atomic E-state index is 13.5. The number of fused-ring (bicyclic) bond motifs is 5. The Morgan fingerprint density at radius 1 is 1.20 bits per heavy atom. The SMILES string of the molecule is Cc1c(C(=O)N2C[C@H]3C[C@@H](C2)c2cccc(=O)n2C3)sc2ncnc(NC3CC3)c12. The molecular formula is C22H23N5O2S. The van der Waals surface area contributed by atoms with Gasteiger partial charge < -0.3 is 14.8 Å². The molecular weight excluding hydrogens is 398 g/mol. The van der Waals surface area contributed by atoms with Gasteiger partial charge in [0.05, 0.1) is 10.3 Å². The van der Waals surface area contributed by atoms with Gasteiger partial charge in [0.2, 0.25) is 0 Å². The molecule has 2 fully saturated rings. The van der Waals surface area contributed by atoms with Crippen molar-refractivity contribution < 1.29 is 4.79 Å². The fraction of sp³-hybridized carbons (Fsp3) is 0.455. The number of thiophene rings is 1. The fourth-order valence-corrected chi connectivity index (χ4v) is 6.13. The Labute approximate surface area is 177 Å². The molecule has 0 aromatic carbocycles. The molecule has 2 atom stereocenters. The number of anilines is 1. The molecule has 1 saturated heterocycles. The van der Waals surface area contributed by atoms with Crippen LogP contribution in [0.15, 0.2) is 29.3 Å². The second-order valence-electron chi connectivity index (χ2n) is 8.79. The number of aromatic nitrogens is 3. The zero-order chi connectivity index (χ0) is 20.4. The molecule has 7 nitrogen and oxygen atoms in total. The van der Waals surface area contributed by atoms with Crippen LogP contribution in [0.1, 0.15) is 46.1 Å². The maximum Gasteiger partial charge on any atom is 0.264 e. The van der Waals surface area contributed by atoms with Crippen LogP contribution in [0.3, 0.4) is 0 Å². The zero-order valence-corrected chi connectivity index (χ0v) is 17.6. The number of carbonyl (C=O) groups excluding carboxylic acids is 1. The average molecular weight is 422 g/mol. The number of nitrogens with one attached hydrogen (secondary N) is 1. The van der Waals surface area contributed by atoms with Crippen LogP contribution in [0.2, 0.25) is 0 Å². The Balaban J connectivity index is 1.33. The lowest BCUT2D eigenvalue weighted by molar-refractivity contribution is 0.0599. The summed E-state index contributed by atoms with van der Waals surface area (Å²) in [6.45, 7) is 4.06. The van der Waals surface area contributed by atoms with E-state index in [1.54, 1.807) is 12.4 Å². The molecule has 3 aliphatic rings. The minimum atomic E-state index is 0.0663. The number of hydrogen-bond acceptors (Lipinski definition) is 6. The van der Waals surface area contributed by atoms with E-state index in [2.05, 4.69) is 15.3 Å². The largest absolute Gasteiger partial charge is 0.367 e. The van der Waals surface area contributed by atoms with Crippen molar-refractivity contribution in [3.63, 3.8) is 0 Å². The third-order valence-corrected chi connectivity index (χ3v) is 7.79. The quantitative estimate of drug-likeness (QED) is 0.703. The van der Waals surface area contributed by atoms with Gasteiger partial charge in [-0.2, -0.15) is 0 Å². The molecule has 1 saturated carbocycles. The molecule has 1 amide bonds. The first-order chi connectivity index (χ1) is 14.6. The molecule has 8 heteroatoms. The van der Waals surface area contributed by atoms with Crippen LogP contribution in [0.5, 0.6) is 0 Å². The number of nitrogens with zero attached hydrogens (tertiary/aromatic N) is 4. The van der Waals surface area contributed by atoms with Gasteiger partial charge in [-0.1, -0.05) is 6.07 Å². The highest BCUT2D eigenvalue weighted by Gasteiger charge is 2.37. The molecule has 1 aliphatic carbocycles. The van der Waals surface area contributed by atoms with E-state index in [0.717, 1.165) is 38.6 Å². The number of aryl methyl sites for hydroxylation is 1. The van der Waals surface area contributed by atoms with Gasteiger partial charge in [0.25, 0.3) is 11.5 Å². The monoisotopic (exact) mass is 421 g/mol. The normalized spacial score (nSPS) is 22.8. The predicted molar refractivity (Wildman–Crippen MR) is 116 cm³/mol. The summed E-state index contributed by atoms with van der Waals surface area (Å²) in [6, 6.07) is 5.99. The van der Waals surface area contributed by atoms with Crippen molar-refractivity contribution in [2.24, 2.45) is 5.92 Å². The average Bonchev–Trinajstić information content (AvgIpc) is 3.49. The smallest absolute Gasteiger partial charge is 0.264 e. The summed E-state index contributed by atoms with van der Waals surface area (Å²) >= 11 is 1.47. The number of likely N-dealkylation sites (tertiary alicyclic amines) is 1. The molecule has 6 rings (SSSR count). The number of pyridine rings is 1. The highest BCUT2D eigenvalue weighted by atomic mass is 32.1. The summed E-state index contributed by atoms with van der Waals surface area (Å²) in [4.78, 5) is 38.3. The van der Waals surface area contributed by atoms with Crippen molar-refractivity contribution in [2.45, 2.75) is 44.7 Å². The molecule has 2 aliphatic heterocycles. The maximum absolute atomic E-state index is 13.5. The lowest BCUT2D eigenvalue weighted by Gasteiger charge is -2.42. The molecule has 5 heterocycles. The highest BCUT2D eigenvalue weighted by molar-refractivity contribution is 7.20. The number of piperidine rings is 1. The summed E-state index contributed by atoms with van der Waals surface area (Å²) in [5, 5.41) is 4.46. The highest BCUT2D eigenvalue weighted by Crippen LogP contribution is 2.39. The number of amides is 1. The lowest BCUT2D eigenvalue weighted by atomic mass is 9.83. The van der Waals surface area contributed by atoms with Crippen LogP contribution in [-0.2, 0) is 6.54 Å².